The molecule has 186 valence electrons. The van der Waals surface area contributed by atoms with Crippen LogP contribution in [0.1, 0.15) is 62.4 Å². The summed E-state index contributed by atoms with van der Waals surface area (Å²) in [7, 11) is 0. The van der Waals surface area contributed by atoms with Crippen molar-refractivity contribution in [3.63, 3.8) is 0 Å². The summed E-state index contributed by atoms with van der Waals surface area (Å²) >= 11 is 0. The van der Waals surface area contributed by atoms with E-state index in [4.69, 9.17) is 9.26 Å². The van der Waals surface area contributed by atoms with E-state index in [-0.39, 0.29) is 17.6 Å². The second-order valence-corrected chi connectivity index (χ2v) is 8.11. The van der Waals surface area contributed by atoms with Gasteiger partial charge < -0.3 is 19.3 Å². The van der Waals surface area contributed by atoms with Gasteiger partial charge in [0.25, 0.3) is 0 Å². The Bertz CT molecular complexity index is 1080. The van der Waals surface area contributed by atoms with Crippen molar-refractivity contribution in [2.75, 3.05) is 24.6 Å². The van der Waals surface area contributed by atoms with Crippen LogP contribution < -0.4 is 9.64 Å². The highest BCUT2D eigenvalue weighted by molar-refractivity contribution is 5.85. The standard InChI is InChI=1S/C24H27F3N2O3.C2H6/c1-2-5-18-21(10-8-19-22(18)32-28-23(19)24(25,26)27)31-13-4-12-29-11-3-6-17-14-16(15-30)7-9-20(17)29;1-2/h7-10,14,30H,2-6,11-13,15H2,1H3;1-2H3. The van der Waals surface area contributed by atoms with Crippen molar-refractivity contribution >= 4 is 16.7 Å². The molecule has 1 aliphatic heterocycles. The molecule has 0 unspecified atom stereocenters. The van der Waals surface area contributed by atoms with Gasteiger partial charge in [-0.1, -0.05) is 44.5 Å². The van der Waals surface area contributed by atoms with E-state index in [2.05, 4.69) is 22.2 Å². The van der Waals surface area contributed by atoms with Gasteiger partial charge in [-0.2, -0.15) is 13.2 Å². The number of alkyl halides is 3. The van der Waals surface area contributed by atoms with Crippen molar-refractivity contribution in [1.29, 1.82) is 0 Å². The van der Waals surface area contributed by atoms with E-state index in [0.717, 1.165) is 44.3 Å². The molecule has 1 N–H and O–H groups in total. The summed E-state index contributed by atoms with van der Waals surface area (Å²) < 4.78 is 50.6. The molecule has 0 atom stereocenters. The number of hydrogen-bond acceptors (Lipinski definition) is 5. The summed E-state index contributed by atoms with van der Waals surface area (Å²) in [5.41, 5.74) is 3.17. The number of nitrogens with zero attached hydrogens (tertiary/aromatic N) is 2. The summed E-state index contributed by atoms with van der Waals surface area (Å²) in [5, 5.41) is 12.6. The first-order valence-electron chi connectivity index (χ1n) is 12.0. The highest BCUT2D eigenvalue weighted by Crippen LogP contribution is 2.38. The van der Waals surface area contributed by atoms with Gasteiger partial charge in [-0.3, -0.25) is 0 Å². The number of rotatable bonds is 8. The van der Waals surface area contributed by atoms with Gasteiger partial charge in [0.2, 0.25) is 0 Å². The number of anilines is 1. The third-order valence-corrected chi connectivity index (χ3v) is 5.84. The Kier molecular flexibility index (Phi) is 8.83. The summed E-state index contributed by atoms with van der Waals surface area (Å²) in [6.07, 6.45) is -0.417. The number of fused-ring (bicyclic) bond motifs is 2. The van der Waals surface area contributed by atoms with E-state index in [0.29, 0.717) is 24.3 Å². The van der Waals surface area contributed by atoms with Crippen molar-refractivity contribution in [3.05, 3.63) is 52.7 Å². The average Bonchev–Trinajstić information content (AvgIpc) is 3.29. The maximum absolute atomic E-state index is 13.2. The van der Waals surface area contributed by atoms with Crippen LogP contribution in [0.25, 0.3) is 11.0 Å². The molecule has 1 aromatic heterocycles. The fraction of sp³-hybridized carbons (Fsp3) is 0.500. The Morgan fingerprint density at radius 2 is 1.97 bits per heavy atom. The lowest BCUT2D eigenvalue weighted by Gasteiger charge is -2.31. The predicted molar refractivity (Wildman–Crippen MR) is 127 cm³/mol. The molecule has 1 aliphatic rings. The molecule has 0 fully saturated rings. The Morgan fingerprint density at radius 3 is 2.68 bits per heavy atom. The first-order valence-corrected chi connectivity index (χ1v) is 12.0. The van der Waals surface area contributed by atoms with Crippen LogP contribution in [-0.4, -0.2) is 30.0 Å². The zero-order chi connectivity index (χ0) is 24.7. The van der Waals surface area contributed by atoms with E-state index in [1.807, 2.05) is 26.8 Å². The first kappa shape index (κ1) is 25.9. The molecule has 3 aromatic rings. The Labute approximate surface area is 198 Å². The van der Waals surface area contributed by atoms with Gasteiger partial charge in [0.15, 0.2) is 11.3 Å². The number of aliphatic hydroxyl groups is 1. The van der Waals surface area contributed by atoms with Crippen LogP contribution >= 0.6 is 0 Å². The molecule has 0 aliphatic carbocycles. The third kappa shape index (κ3) is 5.66. The fourth-order valence-electron chi connectivity index (χ4n) is 4.36. The zero-order valence-electron chi connectivity index (χ0n) is 20.0. The minimum atomic E-state index is -4.56. The van der Waals surface area contributed by atoms with E-state index < -0.39 is 11.9 Å². The van der Waals surface area contributed by atoms with E-state index in [9.17, 15) is 18.3 Å². The van der Waals surface area contributed by atoms with Crippen molar-refractivity contribution in [3.8, 4) is 5.75 Å². The van der Waals surface area contributed by atoms with Crippen LogP contribution in [0.4, 0.5) is 18.9 Å². The normalized spacial score (nSPS) is 13.4. The maximum Gasteiger partial charge on any atom is 0.437 e. The number of aliphatic hydroxyl groups excluding tert-OH is 1. The molecular weight excluding hydrogens is 445 g/mol. The monoisotopic (exact) mass is 478 g/mol. The van der Waals surface area contributed by atoms with Crippen LogP contribution in [0.3, 0.4) is 0 Å². The summed E-state index contributed by atoms with van der Waals surface area (Å²) in [6, 6.07) is 9.05. The second-order valence-electron chi connectivity index (χ2n) is 8.11. The summed E-state index contributed by atoms with van der Waals surface area (Å²) in [6.45, 7) is 8.23. The van der Waals surface area contributed by atoms with Gasteiger partial charge in [0, 0.05) is 24.3 Å². The van der Waals surface area contributed by atoms with Crippen LogP contribution in [0.15, 0.2) is 34.9 Å². The number of hydrogen-bond donors (Lipinski definition) is 1. The van der Waals surface area contributed by atoms with Gasteiger partial charge in [-0.25, -0.2) is 0 Å². The van der Waals surface area contributed by atoms with Crippen LogP contribution in [0, 0.1) is 0 Å². The van der Waals surface area contributed by atoms with E-state index in [1.54, 1.807) is 6.07 Å². The Balaban J connectivity index is 0.00000158. The smallest absolute Gasteiger partial charge is 0.437 e. The zero-order valence-corrected chi connectivity index (χ0v) is 20.0. The molecule has 0 saturated carbocycles. The topological polar surface area (TPSA) is 58.7 Å². The molecule has 0 spiro atoms. The van der Waals surface area contributed by atoms with Crippen molar-refractivity contribution < 1.29 is 27.5 Å². The molecule has 0 amide bonds. The van der Waals surface area contributed by atoms with Gasteiger partial charge in [0.1, 0.15) is 5.75 Å². The van der Waals surface area contributed by atoms with Gasteiger partial charge >= 0.3 is 6.18 Å². The van der Waals surface area contributed by atoms with Crippen molar-refractivity contribution in [1.82, 2.24) is 5.16 Å². The number of aromatic nitrogens is 1. The highest BCUT2D eigenvalue weighted by Gasteiger charge is 2.37. The number of aryl methyl sites for hydroxylation is 2. The number of benzene rings is 2. The summed E-state index contributed by atoms with van der Waals surface area (Å²) in [4.78, 5) is 2.32. The van der Waals surface area contributed by atoms with Crippen molar-refractivity contribution in [2.24, 2.45) is 0 Å². The number of halogens is 3. The van der Waals surface area contributed by atoms with E-state index >= 15 is 0 Å². The van der Waals surface area contributed by atoms with Crippen molar-refractivity contribution in [2.45, 2.75) is 65.7 Å². The second kappa shape index (κ2) is 11.6. The molecule has 8 heteroatoms. The average molecular weight is 479 g/mol. The first-order chi connectivity index (χ1) is 16.4. The summed E-state index contributed by atoms with van der Waals surface area (Å²) in [5.74, 6) is 0.552. The predicted octanol–water partition coefficient (Wildman–Crippen LogP) is 6.54. The lowest BCUT2D eigenvalue weighted by Crippen LogP contribution is -2.31. The van der Waals surface area contributed by atoms with Gasteiger partial charge in [-0.05, 0) is 55.0 Å². The maximum atomic E-state index is 13.2. The lowest BCUT2D eigenvalue weighted by atomic mass is 9.99. The van der Waals surface area contributed by atoms with Crippen LogP contribution in [0.2, 0.25) is 0 Å². The molecule has 0 radical (unpaired) electrons. The van der Waals surface area contributed by atoms with Gasteiger partial charge in [0.05, 0.1) is 18.6 Å². The lowest BCUT2D eigenvalue weighted by molar-refractivity contribution is -0.141. The Morgan fingerprint density at radius 1 is 1.18 bits per heavy atom. The van der Waals surface area contributed by atoms with Crippen LogP contribution in [-0.2, 0) is 25.6 Å². The Hall–Kier alpha value is -2.74. The SMILES string of the molecule is CC.CCCc1c(OCCCN2CCCc3cc(CO)ccc32)ccc2c(C(F)(F)F)noc12. The van der Waals surface area contributed by atoms with E-state index in [1.165, 1.54) is 17.3 Å². The third-order valence-electron chi connectivity index (χ3n) is 5.84. The molecule has 0 saturated heterocycles. The molecular formula is C26H33F3N2O3. The molecule has 4 rings (SSSR count). The number of ether oxygens (including phenoxy) is 1. The fourth-order valence-corrected chi connectivity index (χ4v) is 4.36. The molecule has 0 bridgehead atoms. The minimum absolute atomic E-state index is 0.0273. The highest BCUT2D eigenvalue weighted by atomic mass is 19.4. The quantitative estimate of drug-likeness (QED) is 0.373. The minimum Gasteiger partial charge on any atom is -0.493 e. The largest absolute Gasteiger partial charge is 0.493 e. The molecule has 5 nitrogen and oxygen atoms in total. The molecule has 2 aromatic carbocycles. The van der Waals surface area contributed by atoms with Crippen LogP contribution in [0.5, 0.6) is 5.75 Å². The van der Waals surface area contributed by atoms with Gasteiger partial charge in [-0.15, -0.1) is 0 Å². The molecule has 2 heterocycles. The molecule has 34 heavy (non-hydrogen) atoms.